The van der Waals surface area contributed by atoms with Crippen molar-refractivity contribution in [3.8, 4) is 0 Å². The normalized spacial score (nSPS) is 14.0. The number of benzene rings is 2. The maximum atomic E-state index is 11.1. The van der Waals surface area contributed by atoms with Crippen molar-refractivity contribution in [1.29, 1.82) is 0 Å². The molecule has 1 aliphatic rings. The van der Waals surface area contributed by atoms with Crippen molar-refractivity contribution in [2.75, 3.05) is 0 Å². The molecule has 110 valence electrons. The van der Waals surface area contributed by atoms with E-state index >= 15 is 0 Å². The van der Waals surface area contributed by atoms with Crippen LogP contribution in [0.2, 0.25) is 0 Å². The quantitative estimate of drug-likeness (QED) is 0.637. The highest BCUT2D eigenvalue weighted by atomic mass is 32.2. The average Bonchev–Trinajstić information content (AvgIpc) is 2.57. The van der Waals surface area contributed by atoms with Gasteiger partial charge in [0, 0.05) is 6.42 Å². The first-order valence-electron chi connectivity index (χ1n) is 6.93. The van der Waals surface area contributed by atoms with Crippen LogP contribution in [0.25, 0.3) is 0 Å². The third-order valence-electron chi connectivity index (χ3n) is 3.35. The molecule has 0 heterocycles. The van der Waals surface area contributed by atoms with Crippen LogP contribution in [0.3, 0.4) is 0 Å². The molecule has 0 radical (unpaired) electrons. The molecule has 0 fully saturated rings. The van der Waals surface area contributed by atoms with E-state index in [1.165, 1.54) is 9.79 Å². The van der Waals surface area contributed by atoms with Crippen LogP contribution in [0, 0.1) is 0 Å². The van der Waals surface area contributed by atoms with E-state index in [0.717, 1.165) is 4.91 Å². The van der Waals surface area contributed by atoms with Crippen LogP contribution in [0.1, 0.15) is 6.42 Å². The number of rotatable bonds is 3. The van der Waals surface area contributed by atoms with Crippen molar-refractivity contribution >= 4 is 26.1 Å². The standard InChI is InChI=1S/C18H15O2S2/c19-22(20)18-13-11-17(12-14-18)21(15-7-3-1-4-8-15)16-9-5-2-6-10-16/h1-13H,14H2/q+1. The van der Waals surface area contributed by atoms with Crippen LogP contribution in [-0.4, -0.2) is 13.3 Å². The molecule has 0 bridgehead atoms. The largest absolute Gasteiger partial charge is 0.217 e. The van der Waals surface area contributed by atoms with Gasteiger partial charge in [0.2, 0.25) is 10.3 Å². The molecule has 4 heteroatoms. The molecule has 22 heavy (non-hydrogen) atoms. The molecule has 2 aromatic rings. The molecule has 1 aliphatic carbocycles. The third kappa shape index (κ3) is 3.24. The van der Waals surface area contributed by atoms with Crippen molar-refractivity contribution in [1.82, 2.24) is 0 Å². The van der Waals surface area contributed by atoms with Gasteiger partial charge in [-0.3, -0.25) is 0 Å². The molecule has 0 amide bonds. The smallest absolute Gasteiger partial charge is 0.184 e. The molecular weight excluding hydrogens is 312 g/mol. The summed E-state index contributed by atoms with van der Waals surface area (Å²) < 4.78 is 22.1. The third-order valence-corrected chi connectivity index (χ3v) is 6.34. The summed E-state index contributed by atoms with van der Waals surface area (Å²) in [4.78, 5) is 4.06. The Kier molecular flexibility index (Phi) is 4.61. The van der Waals surface area contributed by atoms with Crippen molar-refractivity contribution < 1.29 is 8.42 Å². The fraction of sp³-hybridized carbons (Fsp3) is 0.0556. The molecule has 0 atom stereocenters. The minimum atomic E-state index is -2.13. The van der Waals surface area contributed by atoms with Gasteiger partial charge < -0.3 is 0 Å². The second kappa shape index (κ2) is 6.81. The predicted molar refractivity (Wildman–Crippen MR) is 92.5 cm³/mol. The van der Waals surface area contributed by atoms with Crippen molar-refractivity contribution in [3.63, 3.8) is 0 Å². The zero-order valence-electron chi connectivity index (χ0n) is 11.8. The maximum absolute atomic E-state index is 11.1. The topological polar surface area (TPSA) is 34.1 Å². The summed E-state index contributed by atoms with van der Waals surface area (Å²) in [6, 6.07) is 20.6. The fourth-order valence-electron chi connectivity index (χ4n) is 2.31. The average molecular weight is 327 g/mol. The zero-order chi connectivity index (χ0) is 15.4. The van der Waals surface area contributed by atoms with Gasteiger partial charge in [-0.1, -0.05) is 36.4 Å². The van der Waals surface area contributed by atoms with Crippen molar-refractivity contribution in [2.24, 2.45) is 0 Å². The molecule has 3 rings (SSSR count). The highest BCUT2D eigenvalue weighted by Crippen LogP contribution is 2.32. The minimum Gasteiger partial charge on any atom is -0.184 e. The number of hydrogen-bond acceptors (Lipinski definition) is 2. The van der Waals surface area contributed by atoms with Gasteiger partial charge >= 0.3 is 0 Å². The van der Waals surface area contributed by atoms with Crippen LogP contribution in [0.5, 0.6) is 0 Å². The molecule has 2 nitrogen and oxygen atoms in total. The second-order valence-electron chi connectivity index (χ2n) is 4.78. The van der Waals surface area contributed by atoms with Gasteiger partial charge in [0.15, 0.2) is 14.7 Å². The van der Waals surface area contributed by atoms with Gasteiger partial charge in [0.1, 0.15) is 0 Å². The van der Waals surface area contributed by atoms with E-state index in [2.05, 4.69) is 24.3 Å². The van der Waals surface area contributed by atoms with E-state index in [-0.39, 0.29) is 10.9 Å². The van der Waals surface area contributed by atoms with Crippen molar-refractivity contribution in [2.45, 2.75) is 16.2 Å². The zero-order valence-corrected chi connectivity index (χ0v) is 13.5. The summed E-state index contributed by atoms with van der Waals surface area (Å²) in [5.74, 6) is 0. The molecule has 0 unspecified atom stereocenters. The SMILES string of the molecule is O=S(=O)=C1C=CC([S+](c2ccccc2)c2ccccc2)=CC1. The molecule has 0 spiro atoms. The van der Waals surface area contributed by atoms with Gasteiger partial charge in [-0.15, -0.1) is 0 Å². The van der Waals surface area contributed by atoms with Gasteiger partial charge in [-0.05, 0) is 42.5 Å². The van der Waals surface area contributed by atoms with Crippen LogP contribution in [0.15, 0.2) is 93.6 Å². The molecule has 2 aromatic carbocycles. The number of allylic oxidation sites excluding steroid dienone is 3. The van der Waals surface area contributed by atoms with Gasteiger partial charge in [-0.2, -0.15) is 8.42 Å². The van der Waals surface area contributed by atoms with Crippen LogP contribution < -0.4 is 0 Å². The summed E-state index contributed by atoms with van der Waals surface area (Å²) in [7, 11) is -2.34. The Balaban J connectivity index is 2.05. The van der Waals surface area contributed by atoms with E-state index in [9.17, 15) is 8.42 Å². The van der Waals surface area contributed by atoms with E-state index in [0.29, 0.717) is 11.3 Å². The Bertz CT molecular complexity index is 801. The van der Waals surface area contributed by atoms with E-state index in [4.69, 9.17) is 0 Å². The molecule has 0 saturated heterocycles. The summed E-state index contributed by atoms with van der Waals surface area (Å²) in [5.41, 5.74) is 0. The lowest BCUT2D eigenvalue weighted by atomic mass is 10.2. The first-order valence-corrected chi connectivity index (χ1v) is 9.23. The molecule has 0 aromatic heterocycles. The molecule has 0 N–H and O–H groups in total. The summed E-state index contributed by atoms with van der Waals surface area (Å²) in [5, 5.41) is 0. The Hall–Kier alpha value is -2.04. The first-order chi connectivity index (χ1) is 10.8. The predicted octanol–water partition coefficient (Wildman–Crippen LogP) is 3.62. The Morgan fingerprint density at radius 1 is 0.773 bits per heavy atom. The summed E-state index contributed by atoms with van der Waals surface area (Å²) in [6.07, 6.45) is 6.13. The Morgan fingerprint density at radius 2 is 1.32 bits per heavy atom. The molecule has 0 saturated carbocycles. The van der Waals surface area contributed by atoms with Crippen LogP contribution in [-0.2, 0) is 21.2 Å². The summed E-state index contributed by atoms with van der Waals surface area (Å²) in [6.45, 7) is 0. The lowest BCUT2D eigenvalue weighted by molar-refractivity contribution is 0.627. The monoisotopic (exact) mass is 327 g/mol. The van der Waals surface area contributed by atoms with Crippen molar-refractivity contribution in [3.05, 3.63) is 83.8 Å². The van der Waals surface area contributed by atoms with E-state index in [1.807, 2.05) is 48.6 Å². The molecule has 0 aliphatic heterocycles. The van der Waals surface area contributed by atoms with E-state index < -0.39 is 10.3 Å². The van der Waals surface area contributed by atoms with Gasteiger partial charge in [0.05, 0.1) is 15.8 Å². The van der Waals surface area contributed by atoms with Crippen LogP contribution >= 0.6 is 0 Å². The van der Waals surface area contributed by atoms with Gasteiger partial charge in [-0.25, -0.2) is 0 Å². The van der Waals surface area contributed by atoms with E-state index in [1.54, 1.807) is 6.08 Å². The Labute approximate surface area is 134 Å². The minimum absolute atomic E-state index is 0.206. The highest BCUT2D eigenvalue weighted by molar-refractivity contribution is 8.00. The first kappa shape index (κ1) is 14.9. The number of hydrogen-bond donors (Lipinski definition) is 0. The maximum Gasteiger partial charge on any atom is 0.217 e. The summed E-state index contributed by atoms with van der Waals surface area (Å²) >= 11 is 0. The Morgan fingerprint density at radius 3 is 1.73 bits per heavy atom. The van der Waals surface area contributed by atoms with Gasteiger partial charge in [0.25, 0.3) is 0 Å². The second-order valence-corrected chi connectivity index (χ2v) is 7.80. The lowest BCUT2D eigenvalue weighted by Gasteiger charge is -2.10. The molecular formula is C18H15O2S2+. The highest BCUT2D eigenvalue weighted by Gasteiger charge is 2.30. The lowest BCUT2D eigenvalue weighted by Crippen LogP contribution is -2.09. The fourth-order valence-corrected chi connectivity index (χ4v) is 4.84. The van der Waals surface area contributed by atoms with Crippen LogP contribution in [0.4, 0.5) is 0 Å².